The summed E-state index contributed by atoms with van der Waals surface area (Å²) in [6.07, 6.45) is 6.07. The fourth-order valence-corrected chi connectivity index (χ4v) is 2.44. The van der Waals surface area contributed by atoms with E-state index in [9.17, 15) is 0 Å². The van der Waals surface area contributed by atoms with Gasteiger partial charge < -0.3 is 0 Å². The topological polar surface area (TPSA) is 12.4 Å². The quantitative estimate of drug-likeness (QED) is 0.438. The molecule has 0 amide bonds. The highest BCUT2D eigenvalue weighted by atomic mass is 32.2. The van der Waals surface area contributed by atoms with Crippen molar-refractivity contribution in [2.24, 2.45) is 4.99 Å². The average molecular weight is 157 g/mol. The van der Waals surface area contributed by atoms with Crippen molar-refractivity contribution in [2.45, 2.75) is 26.2 Å². The molecular formula is C8H15NS. The Morgan fingerprint density at radius 3 is 3.00 bits per heavy atom. The summed E-state index contributed by atoms with van der Waals surface area (Å²) in [5.74, 6) is 2.44. The van der Waals surface area contributed by atoms with Crippen LogP contribution in [0, 0.1) is 0 Å². The Kier molecular flexibility index (Phi) is 3.73. The molecule has 10 heavy (non-hydrogen) atoms. The Balaban J connectivity index is 2.04. The number of unbranched alkanes of at least 4 members (excludes halogenated alkanes) is 2. The summed E-state index contributed by atoms with van der Waals surface area (Å²) in [6, 6.07) is 0. The van der Waals surface area contributed by atoms with Gasteiger partial charge in [-0.2, -0.15) is 10.5 Å². The van der Waals surface area contributed by atoms with Crippen LogP contribution in [0.1, 0.15) is 26.2 Å². The molecule has 2 heteroatoms. The van der Waals surface area contributed by atoms with Gasteiger partial charge >= 0.3 is 0 Å². The van der Waals surface area contributed by atoms with E-state index < -0.39 is 0 Å². The SMILES string of the molecule is CCCCCS1=CC=NC1. The van der Waals surface area contributed by atoms with Gasteiger partial charge in [-0.25, -0.2) is 0 Å². The van der Waals surface area contributed by atoms with Gasteiger partial charge in [0.25, 0.3) is 0 Å². The van der Waals surface area contributed by atoms with E-state index >= 15 is 0 Å². The van der Waals surface area contributed by atoms with E-state index in [0.29, 0.717) is 10.5 Å². The third-order valence-corrected chi connectivity index (χ3v) is 3.41. The van der Waals surface area contributed by atoms with E-state index in [4.69, 9.17) is 0 Å². The van der Waals surface area contributed by atoms with Crippen LogP contribution in [0.5, 0.6) is 0 Å². The average Bonchev–Trinajstić information content (AvgIpc) is 2.41. The molecule has 0 aromatic rings. The molecule has 0 fully saturated rings. The van der Waals surface area contributed by atoms with Gasteiger partial charge in [-0.1, -0.05) is 19.8 Å². The fourth-order valence-electron chi connectivity index (χ4n) is 0.981. The summed E-state index contributed by atoms with van der Waals surface area (Å²) < 4.78 is 0. The smallest absolute Gasteiger partial charge is 0.0797 e. The third-order valence-electron chi connectivity index (χ3n) is 1.61. The fraction of sp³-hybridized carbons (Fsp3) is 0.750. The largest absolute Gasteiger partial charge is 0.282 e. The first-order valence-electron chi connectivity index (χ1n) is 3.93. The number of hydrogen-bond donors (Lipinski definition) is 0. The maximum absolute atomic E-state index is 4.18. The number of hydrogen-bond acceptors (Lipinski definition) is 1. The molecule has 1 aliphatic heterocycles. The van der Waals surface area contributed by atoms with Crippen LogP contribution in [0.3, 0.4) is 0 Å². The zero-order valence-corrected chi connectivity index (χ0v) is 7.36. The van der Waals surface area contributed by atoms with Crippen molar-refractivity contribution in [3.05, 3.63) is 0 Å². The predicted octanol–water partition coefficient (Wildman–Crippen LogP) is 2.29. The maximum atomic E-state index is 4.18. The Hall–Kier alpha value is -0.110. The lowest BCUT2D eigenvalue weighted by Gasteiger charge is -1.99. The molecule has 58 valence electrons. The van der Waals surface area contributed by atoms with Gasteiger partial charge in [0.2, 0.25) is 0 Å². The van der Waals surface area contributed by atoms with Crippen molar-refractivity contribution in [3.8, 4) is 0 Å². The second-order valence-electron chi connectivity index (χ2n) is 2.55. The molecule has 0 saturated heterocycles. The molecule has 1 rings (SSSR count). The van der Waals surface area contributed by atoms with Gasteiger partial charge in [-0.15, -0.1) is 0 Å². The van der Waals surface area contributed by atoms with Crippen molar-refractivity contribution in [2.75, 3.05) is 11.6 Å². The van der Waals surface area contributed by atoms with E-state index in [0.717, 1.165) is 5.88 Å². The number of nitrogens with zero attached hydrogens (tertiary/aromatic N) is 1. The van der Waals surface area contributed by atoms with Gasteiger partial charge in [0.05, 0.1) is 5.88 Å². The summed E-state index contributed by atoms with van der Waals surface area (Å²) in [4.78, 5) is 4.18. The Labute approximate surface area is 65.5 Å². The summed E-state index contributed by atoms with van der Waals surface area (Å²) in [6.45, 7) is 2.25. The molecule has 1 nitrogen and oxygen atoms in total. The summed E-state index contributed by atoms with van der Waals surface area (Å²) in [5, 5.41) is 2.26. The monoisotopic (exact) mass is 157 g/mol. The molecule has 1 atom stereocenters. The van der Waals surface area contributed by atoms with E-state index in [1.807, 2.05) is 6.21 Å². The molecule has 0 saturated carbocycles. The molecule has 0 N–H and O–H groups in total. The van der Waals surface area contributed by atoms with E-state index in [1.54, 1.807) is 0 Å². The van der Waals surface area contributed by atoms with Gasteiger partial charge in [-0.3, -0.25) is 4.99 Å². The van der Waals surface area contributed by atoms with Crippen LogP contribution >= 0.6 is 10.5 Å². The Bertz CT molecular complexity index is 149. The van der Waals surface area contributed by atoms with Gasteiger partial charge in [0.1, 0.15) is 0 Å². The van der Waals surface area contributed by atoms with Crippen LogP contribution in [0.25, 0.3) is 0 Å². The van der Waals surface area contributed by atoms with Crippen LogP contribution in [-0.2, 0) is 0 Å². The van der Waals surface area contributed by atoms with Crippen molar-refractivity contribution >= 4 is 22.1 Å². The Morgan fingerprint density at radius 2 is 2.40 bits per heavy atom. The lowest BCUT2D eigenvalue weighted by molar-refractivity contribution is 0.778. The molecule has 0 radical (unpaired) electrons. The van der Waals surface area contributed by atoms with Gasteiger partial charge in [0.15, 0.2) is 0 Å². The standard InChI is InChI=1S/C8H15NS/c1-2-3-4-6-10-7-5-9-8-10/h5,7H,2-4,6,8H2,1H3. The van der Waals surface area contributed by atoms with Crippen molar-refractivity contribution < 1.29 is 0 Å². The highest BCUT2D eigenvalue weighted by Gasteiger charge is 1.96. The predicted molar refractivity (Wildman–Crippen MR) is 51.4 cm³/mol. The minimum Gasteiger partial charge on any atom is -0.282 e. The minimum atomic E-state index is 0.524. The van der Waals surface area contributed by atoms with Crippen molar-refractivity contribution in [3.63, 3.8) is 0 Å². The van der Waals surface area contributed by atoms with Gasteiger partial charge in [0, 0.05) is 6.21 Å². The first-order valence-corrected chi connectivity index (χ1v) is 5.55. The molecule has 1 heterocycles. The van der Waals surface area contributed by atoms with E-state index in [2.05, 4.69) is 17.3 Å². The minimum absolute atomic E-state index is 0.524. The van der Waals surface area contributed by atoms with Crippen LogP contribution in [0.15, 0.2) is 4.99 Å². The van der Waals surface area contributed by atoms with Crippen LogP contribution < -0.4 is 0 Å². The molecule has 0 bridgehead atoms. The molecule has 1 unspecified atom stereocenters. The second-order valence-corrected chi connectivity index (χ2v) is 4.56. The number of aliphatic imine (C=N–C) groups is 1. The Morgan fingerprint density at radius 1 is 1.50 bits per heavy atom. The summed E-state index contributed by atoms with van der Waals surface area (Å²) in [5.41, 5.74) is 0. The molecule has 1 aliphatic rings. The summed E-state index contributed by atoms with van der Waals surface area (Å²) >= 11 is 0. The first-order chi connectivity index (χ1) is 4.93. The molecule has 0 aliphatic carbocycles. The highest BCUT2D eigenvalue weighted by molar-refractivity contribution is 8.16. The normalized spacial score (nSPS) is 23.1. The zero-order chi connectivity index (χ0) is 7.23. The van der Waals surface area contributed by atoms with Gasteiger partial charge in [-0.05, 0) is 17.5 Å². The maximum Gasteiger partial charge on any atom is 0.0797 e. The molecule has 0 aromatic heterocycles. The van der Waals surface area contributed by atoms with Crippen molar-refractivity contribution in [1.82, 2.24) is 0 Å². The molecule has 0 spiro atoms. The van der Waals surface area contributed by atoms with Crippen molar-refractivity contribution in [1.29, 1.82) is 0 Å². The van der Waals surface area contributed by atoms with Crippen LogP contribution in [0.2, 0.25) is 0 Å². The first kappa shape index (κ1) is 7.99. The van der Waals surface area contributed by atoms with E-state index in [1.165, 1.54) is 25.0 Å². The van der Waals surface area contributed by atoms with Crippen LogP contribution in [0.4, 0.5) is 0 Å². The number of rotatable bonds is 4. The van der Waals surface area contributed by atoms with E-state index in [-0.39, 0.29) is 0 Å². The molecule has 0 aromatic carbocycles. The third kappa shape index (κ3) is 2.65. The molecular weight excluding hydrogens is 142 g/mol. The van der Waals surface area contributed by atoms with Crippen LogP contribution in [-0.4, -0.2) is 23.2 Å². The highest BCUT2D eigenvalue weighted by Crippen LogP contribution is 2.16. The lowest BCUT2D eigenvalue weighted by Crippen LogP contribution is -1.83. The second kappa shape index (κ2) is 4.67. The summed E-state index contributed by atoms with van der Waals surface area (Å²) in [7, 11) is 0.524. The lowest BCUT2D eigenvalue weighted by atomic mass is 10.3. The zero-order valence-electron chi connectivity index (χ0n) is 6.55.